The van der Waals surface area contributed by atoms with E-state index in [0.29, 0.717) is 23.7 Å². The van der Waals surface area contributed by atoms with Crippen molar-refractivity contribution in [3.05, 3.63) is 66.1 Å². The number of hydrogen-bond acceptors (Lipinski definition) is 4. The Bertz CT molecular complexity index is 780. The summed E-state index contributed by atoms with van der Waals surface area (Å²) in [7, 11) is 0. The average Bonchev–Trinajstić information content (AvgIpc) is 2.59. The highest BCUT2D eigenvalue weighted by Crippen LogP contribution is 2.23. The summed E-state index contributed by atoms with van der Waals surface area (Å²) in [5.41, 5.74) is 0.921. The second-order valence-electron chi connectivity index (χ2n) is 4.70. The highest BCUT2D eigenvalue weighted by Gasteiger charge is 2.10. The van der Waals surface area contributed by atoms with Crippen LogP contribution in [0.2, 0.25) is 0 Å². The van der Waals surface area contributed by atoms with Crippen molar-refractivity contribution in [2.24, 2.45) is 0 Å². The number of ether oxygens (including phenoxy) is 1. The normalized spacial score (nSPS) is 10.6. The van der Waals surface area contributed by atoms with Crippen LogP contribution in [-0.2, 0) is 4.79 Å². The van der Waals surface area contributed by atoms with Crippen LogP contribution in [0.3, 0.4) is 0 Å². The van der Waals surface area contributed by atoms with E-state index in [4.69, 9.17) is 10.00 Å². The van der Waals surface area contributed by atoms with Gasteiger partial charge in [0.2, 0.25) is 0 Å². The number of benzene rings is 2. The summed E-state index contributed by atoms with van der Waals surface area (Å²) in [6.45, 7) is 2.36. The summed E-state index contributed by atoms with van der Waals surface area (Å²) >= 11 is 0. The van der Waals surface area contributed by atoms with Gasteiger partial charge in [0.25, 0.3) is 5.91 Å². The molecule has 0 aliphatic carbocycles. The lowest BCUT2D eigenvalue weighted by atomic mass is 10.2. The average molecular weight is 325 g/mol. The number of nitrogens with one attached hydrogen (secondary N) is 2. The summed E-state index contributed by atoms with van der Waals surface area (Å²) in [4.78, 5) is 12.1. The van der Waals surface area contributed by atoms with E-state index in [1.165, 1.54) is 30.5 Å². The summed E-state index contributed by atoms with van der Waals surface area (Å²) in [5, 5.41) is 14.6. The first-order valence-corrected chi connectivity index (χ1v) is 7.29. The molecule has 0 atom stereocenters. The Morgan fingerprint density at radius 3 is 2.62 bits per heavy atom. The molecule has 0 heterocycles. The summed E-state index contributed by atoms with van der Waals surface area (Å²) in [6, 6.07) is 14.3. The van der Waals surface area contributed by atoms with Crippen LogP contribution >= 0.6 is 0 Å². The lowest BCUT2D eigenvalue weighted by molar-refractivity contribution is -0.112. The van der Waals surface area contributed by atoms with Gasteiger partial charge in [0.15, 0.2) is 0 Å². The second kappa shape index (κ2) is 8.34. The van der Waals surface area contributed by atoms with Crippen LogP contribution in [0.15, 0.2) is 60.3 Å². The molecule has 6 heteroatoms. The molecule has 2 N–H and O–H groups in total. The maximum absolute atomic E-state index is 12.9. The van der Waals surface area contributed by atoms with E-state index in [-0.39, 0.29) is 5.57 Å². The van der Waals surface area contributed by atoms with Crippen molar-refractivity contribution >= 4 is 17.3 Å². The molecule has 24 heavy (non-hydrogen) atoms. The molecule has 2 aromatic carbocycles. The van der Waals surface area contributed by atoms with Gasteiger partial charge in [0.1, 0.15) is 23.2 Å². The Balaban J connectivity index is 2.10. The molecule has 122 valence electrons. The molecular formula is C18H16FN3O2. The second-order valence-corrected chi connectivity index (χ2v) is 4.70. The zero-order valence-corrected chi connectivity index (χ0v) is 13.0. The van der Waals surface area contributed by atoms with Gasteiger partial charge >= 0.3 is 0 Å². The van der Waals surface area contributed by atoms with Gasteiger partial charge in [-0.15, -0.1) is 0 Å². The van der Waals surface area contributed by atoms with Gasteiger partial charge in [-0.3, -0.25) is 4.79 Å². The van der Waals surface area contributed by atoms with Crippen molar-refractivity contribution in [1.29, 1.82) is 5.26 Å². The standard InChI is InChI=1S/C18H16FN3O2/c1-2-24-17-6-4-3-5-16(17)21-12-13(11-20)18(23)22-15-9-7-14(19)8-10-15/h3-10,12,21H,2H2,1H3,(H,22,23)/b13-12-. The van der Waals surface area contributed by atoms with Crippen LogP contribution < -0.4 is 15.4 Å². The van der Waals surface area contributed by atoms with E-state index in [1.807, 2.05) is 25.1 Å². The van der Waals surface area contributed by atoms with E-state index in [9.17, 15) is 9.18 Å². The number of amides is 1. The molecule has 0 aromatic heterocycles. The third-order valence-electron chi connectivity index (χ3n) is 3.03. The van der Waals surface area contributed by atoms with Crippen molar-refractivity contribution in [2.75, 3.05) is 17.2 Å². The van der Waals surface area contributed by atoms with Gasteiger partial charge < -0.3 is 15.4 Å². The van der Waals surface area contributed by atoms with Crippen molar-refractivity contribution in [3.63, 3.8) is 0 Å². The molecule has 0 aliphatic rings. The number of anilines is 2. The number of halogens is 1. The number of nitriles is 1. The number of rotatable bonds is 6. The summed E-state index contributed by atoms with van der Waals surface area (Å²) < 4.78 is 18.3. The fraction of sp³-hybridized carbons (Fsp3) is 0.111. The minimum absolute atomic E-state index is 0.120. The quantitative estimate of drug-likeness (QED) is 0.627. The molecule has 0 saturated heterocycles. The lowest BCUT2D eigenvalue weighted by Gasteiger charge is -2.10. The minimum Gasteiger partial charge on any atom is -0.492 e. The Hall–Kier alpha value is -3.33. The SMILES string of the molecule is CCOc1ccccc1N/C=C(/C#N)C(=O)Nc1ccc(F)cc1. The minimum atomic E-state index is -0.592. The van der Waals surface area contributed by atoms with Crippen molar-refractivity contribution in [1.82, 2.24) is 0 Å². The molecule has 0 radical (unpaired) electrons. The Kier molecular flexibility index (Phi) is 5.92. The van der Waals surface area contributed by atoms with Crippen LogP contribution in [0.4, 0.5) is 15.8 Å². The van der Waals surface area contributed by atoms with E-state index >= 15 is 0 Å². The molecule has 1 amide bonds. The number of hydrogen-bond donors (Lipinski definition) is 2. The van der Waals surface area contributed by atoms with Gasteiger partial charge in [-0.2, -0.15) is 5.26 Å². The van der Waals surface area contributed by atoms with Crippen LogP contribution in [0.5, 0.6) is 5.75 Å². The highest BCUT2D eigenvalue weighted by molar-refractivity contribution is 6.06. The van der Waals surface area contributed by atoms with E-state index < -0.39 is 11.7 Å². The van der Waals surface area contributed by atoms with Crippen LogP contribution in [0, 0.1) is 17.1 Å². The van der Waals surface area contributed by atoms with E-state index in [2.05, 4.69) is 10.6 Å². The fourth-order valence-electron chi connectivity index (χ4n) is 1.90. The first-order valence-electron chi connectivity index (χ1n) is 7.29. The highest BCUT2D eigenvalue weighted by atomic mass is 19.1. The molecular weight excluding hydrogens is 309 g/mol. The monoisotopic (exact) mass is 325 g/mol. The molecule has 0 aliphatic heterocycles. The largest absolute Gasteiger partial charge is 0.492 e. The molecule has 2 aromatic rings. The lowest BCUT2D eigenvalue weighted by Crippen LogP contribution is -2.14. The third kappa shape index (κ3) is 4.58. The molecule has 0 saturated carbocycles. The van der Waals surface area contributed by atoms with Crippen molar-refractivity contribution in [2.45, 2.75) is 6.92 Å². The van der Waals surface area contributed by atoms with Gasteiger partial charge in [-0.1, -0.05) is 12.1 Å². The summed E-state index contributed by atoms with van der Waals surface area (Å²) in [5.74, 6) is -0.378. The Labute approximate surface area is 139 Å². The van der Waals surface area contributed by atoms with Crippen LogP contribution in [0.25, 0.3) is 0 Å². The van der Waals surface area contributed by atoms with E-state index in [0.717, 1.165) is 0 Å². The Morgan fingerprint density at radius 1 is 1.25 bits per heavy atom. The molecule has 2 rings (SSSR count). The predicted octanol–water partition coefficient (Wildman–Crippen LogP) is 3.68. The molecule has 5 nitrogen and oxygen atoms in total. The van der Waals surface area contributed by atoms with E-state index in [1.54, 1.807) is 12.1 Å². The molecule has 0 unspecified atom stereocenters. The van der Waals surface area contributed by atoms with Crippen molar-refractivity contribution < 1.29 is 13.9 Å². The Morgan fingerprint density at radius 2 is 1.96 bits per heavy atom. The first kappa shape index (κ1) is 17.0. The topological polar surface area (TPSA) is 74.1 Å². The van der Waals surface area contributed by atoms with Gasteiger partial charge in [-0.05, 0) is 43.3 Å². The van der Waals surface area contributed by atoms with Crippen LogP contribution in [0.1, 0.15) is 6.92 Å². The molecule has 0 bridgehead atoms. The zero-order valence-electron chi connectivity index (χ0n) is 13.0. The number of nitrogens with zero attached hydrogens (tertiary/aromatic N) is 1. The number of para-hydroxylation sites is 2. The smallest absolute Gasteiger partial charge is 0.267 e. The third-order valence-corrected chi connectivity index (χ3v) is 3.03. The predicted molar refractivity (Wildman–Crippen MR) is 90.0 cm³/mol. The number of carbonyl (C=O) groups excluding carboxylic acids is 1. The zero-order chi connectivity index (χ0) is 17.4. The first-order chi connectivity index (χ1) is 11.6. The molecule has 0 fully saturated rings. The maximum Gasteiger partial charge on any atom is 0.267 e. The molecule has 0 spiro atoms. The maximum atomic E-state index is 12.9. The van der Waals surface area contributed by atoms with Crippen molar-refractivity contribution in [3.8, 4) is 11.8 Å². The van der Waals surface area contributed by atoms with Gasteiger partial charge in [0.05, 0.1) is 12.3 Å². The fourth-order valence-corrected chi connectivity index (χ4v) is 1.90. The summed E-state index contributed by atoms with van der Waals surface area (Å²) in [6.07, 6.45) is 1.30. The van der Waals surface area contributed by atoms with Gasteiger partial charge in [-0.25, -0.2) is 4.39 Å². The number of carbonyl (C=O) groups is 1. The van der Waals surface area contributed by atoms with Gasteiger partial charge in [0, 0.05) is 11.9 Å². The van der Waals surface area contributed by atoms with Crippen LogP contribution in [-0.4, -0.2) is 12.5 Å².